The number of aromatic carboxylic acids is 1. The van der Waals surface area contributed by atoms with Crippen LogP contribution in [-0.4, -0.2) is 48.6 Å². The second-order valence-electron chi connectivity index (χ2n) is 14.4. The van der Waals surface area contributed by atoms with Gasteiger partial charge in [-0.25, -0.2) is 9.18 Å². The van der Waals surface area contributed by atoms with Crippen LogP contribution in [0.1, 0.15) is 70.5 Å². The van der Waals surface area contributed by atoms with E-state index in [1.54, 1.807) is 24.3 Å². The van der Waals surface area contributed by atoms with Crippen molar-refractivity contribution in [3.8, 4) is 5.75 Å². The number of carboxylic acid groups (broad SMARTS) is 1. The molecule has 0 aliphatic carbocycles. The lowest BCUT2D eigenvalue weighted by Crippen LogP contribution is -2.48. The van der Waals surface area contributed by atoms with Gasteiger partial charge in [0.1, 0.15) is 11.6 Å². The molecular formula is C39H39Cl2FN4O5. The van der Waals surface area contributed by atoms with Crippen molar-refractivity contribution in [2.75, 3.05) is 23.9 Å². The number of methoxy groups -OCH3 is 1. The van der Waals surface area contributed by atoms with Gasteiger partial charge in [0.25, 0.3) is 0 Å². The Balaban J connectivity index is 1.52. The summed E-state index contributed by atoms with van der Waals surface area (Å²) in [7, 11) is 1.39. The van der Waals surface area contributed by atoms with Crippen molar-refractivity contribution in [3.05, 3.63) is 123 Å². The third kappa shape index (κ3) is 6.88. The highest BCUT2D eigenvalue weighted by Gasteiger charge is 2.63. The minimum atomic E-state index is -1.14. The number of nitrogens with zero attached hydrogens (tertiary/aromatic N) is 1. The van der Waals surface area contributed by atoms with Crippen LogP contribution in [0, 0.1) is 11.2 Å². The fourth-order valence-corrected chi connectivity index (χ4v) is 8.11. The summed E-state index contributed by atoms with van der Waals surface area (Å²) in [5, 5.41) is 16.6. The van der Waals surface area contributed by atoms with Gasteiger partial charge < -0.3 is 31.1 Å². The van der Waals surface area contributed by atoms with E-state index in [2.05, 4.69) is 36.3 Å². The lowest BCUT2D eigenvalue weighted by Gasteiger charge is -2.40. The summed E-state index contributed by atoms with van der Waals surface area (Å²) in [6.45, 7) is 7.19. The second kappa shape index (κ2) is 13.8. The van der Waals surface area contributed by atoms with Crippen molar-refractivity contribution in [2.24, 2.45) is 11.1 Å². The number of hydrogen-bond acceptors (Lipinski definition) is 6. The van der Waals surface area contributed by atoms with Gasteiger partial charge in [-0.15, -0.1) is 0 Å². The quantitative estimate of drug-likeness (QED) is 0.141. The fraction of sp³-hybridized carbons (Fsp3) is 0.308. The molecule has 266 valence electrons. The molecule has 2 aliphatic heterocycles. The summed E-state index contributed by atoms with van der Waals surface area (Å²) < 4.78 is 21.9. The molecule has 6 rings (SSSR count). The zero-order valence-corrected chi connectivity index (χ0v) is 30.1. The molecule has 51 heavy (non-hydrogen) atoms. The third-order valence-electron chi connectivity index (χ3n) is 9.88. The first kappa shape index (κ1) is 36.2. The van der Waals surface area contributed by atoms with Gasteiger partial charge in [0, 0.05) is 46.7 Å². The number of nitrogens with one attached hydrogen (secondary N) is 2. The molecule has 4 atom stereocenters. The van der Waals surface area contributed by atoms with Gasteiger partial charge >= 0.3 is 5.97 Å². The first-order valence-electron chi connectivity index (χ1n) is 16.5. The molecule has 1 spiro atoms. The van der Waals surface area contributed by atoms with Crippen LogP contribution in [0.2, 0.25) is 10.0 Å². The van der Waals surface area contributed by atoms with E-state index in [1.807, 2.05) is 30.3 Å². The van der Waals surface area contributed by atoms with E-state index in [1.165, 1.54) is 31.4 Å². The Morgan fingerprint density at radius 3 is 2.39 bits per heavy atom. The molecule has 0 saturated carbocycles. The average molecular weight is 734 g/mol. The minimum absolute atomic E-state index is 0.00232. The second-order valence-corrected chi connectivity index (χ2v) is 15.3. The van der Waals surface area contributed by atoms with E-state index >= 15 is 4.39 Å². The Morgan fingerprint density at radius 1 is 1.04 bits per heavy atom. The monoisotopic (exact) mass is 732 g/mol. The van der Waals surface area contributed by atoms with Gasteiger partial charge in [0.15, 0.2) is 0 Å². The number of amides is 2. The van der Waals surface area contributed by atoms with Crippen molar-refractivity contribution in [2.45, 2.75) is 57.2 Å². The number of halogens is 3. The predicted molar refractivity (Wildman–Crippen MR) is 197 cm³/mol. The van der Waals surface area contributed by atoms with Crippen LogP contribution in [0.5, 0.6) is 5.75 Å². The maximum Gasteiger partial charge on any atom is 0.335 e. The van der Waals surface area contributed by atoms with Crippen molar-refractivity contribution >= 4 is 52.4 Å². The molecule has 2 heterocycles. The predicted octanol–water partition coefficient (Wildman–Crippen LogP) is 7.40. The molecule has 0 radical (unpaired) electrons. The summed E-state index contributed by atoms with van der Waals surface area (Å²) in [6, 6.07) is 20.5. The summed E-state index contributed by atoms with van der Waals surface area (Å²) in [5.41, 5.74) is 8.03. The fourth-order valence-electron chi connectivity index (χ4n) is 7.76. The zero-order chi connectivity index (χ0) is 36.8. The first-order valence-corrected chi connectivity index (χ1v) is 17.2. The number of rotatable bonds is 9. The van der Waals surface area contributed by atoms with E-state index in [-0.39, 0.29) is 39.0 Å². The molecule has 1 saturated heterocycles. The molecule has 0 unspecified atom stereocenters. The van der Waals surface area contributed by atoms with Crippen LogP contribution in [0.3, 0.4) is 0 Å². The van der Waals surface area contributed by atoms with Crippen molar-refractivity contribution in [1.82, 2.24) is 5.32 Å². The first-order chi connectivity index (χ1) is 24.1. The number of carboxylic acids is 1. The number of anilines is 2. The van der Waals surface area contributed by atoms with Crippen LogP contribution < -0.4 is 26.0 Å². The van der Waals surface area contributed by atoms with Gasteiger partial charge in [-0.2, -0.15) is 0 Å². The molecule has 0 bridgehead atoms. The molecule has 5 N–H and O–H groups in total. The van der Waals surface area contributed by atoms with Crippen molar-refractivity contribution in [3.63, 3.8) is 0 Å². The highest BCUT2D eigenvalue weighted by Crippen LogP contribution is 2.58. The van der Waals surface area contributed by atoms with Gasteiger partial charge in [0.2, 0.25) is 11.8 Å². The summed E-state index contributed by atoms with van der Waals surface area (Å²) in [4.78, 5) is 40.2. The SMILES string of the molecule is COc1cc(C(=O)O)ccc1NC(=O)[C@@H]1N[C@@H](CC(C)(C)C)[C@@]2(CN(Cc3ccc(C(N)=O)cc3)c3cc(Cl)ccc32)[C@H]1c1cccc(Cl)c1F. The van der Waals surface area contributed by atoms with Gasteiger partial charge in [0.05, 0.1) is 29.4 Å². The molecule has 2 aliphatic rings. The maximum absolute atomic E-state index is 16.4. The van der Waals surface area contributed by atoms with Crippen LogP contribution in [0.15, 0.2) is 78.9 Å². The van der Waals surface area contributed by atoms with E-state index in [9.17, 15) is 19.5 Å². The number of nitrogens with two attached hydrogens (primary N) is 1. The lowest BCUT2D eigenvalue weighted by molar-refractivity contribution is -0.118. The standard InChI is InChI=1S/C39H39Cl2FN4O5/c1-38(2,3)18-31-39(20-46(29-17-24(40)13-14-26(29)39)19-21-8-10-22(11-9-21)35(43)47)32(25-6-5-7-27(41)33(25)42)34(45-31)36(48)44-28-15-12-23(37(49)50)16-30(28)51-4/h5-17,31-32,34,45H,18-20H2,1-4H3,(H2,43,47)(H,44,48)(H,49,50)/t31-,32-,34+,39-/m0/s1. The Kier molecular flexibility index (Phi) is 9.80. The number of benzene rings is 4. The minimum Gasteiger partial charge on any atom is -0.495 e. The van der Waals surface area contributed by atoms with Gasteiger partial charge in [-0.3, -0.25) is 9.59 Å². The highest BCUT2D eigenvalue weighted by atomic mass is 35.5. The molecule has 12 heteroatoms. The Labute approximate surface area is 305 Å². The van der Waals surface area contributed by atoms with E-state index in [4.69, 9.17) is 33.7 Å². The number of primary amides is 1. The Morgan fingerprint density at radius 2 is 1.75 bits per heavy atom. The smallest absolute Gasteiger partial charge is 0.335 e. The zero-order valence-electron chi connectivity index (χ0n) is 28.6. The van der Waals surface area contributed by atoms with Crippen LogP contribution in [0.4, 0.5) is 15.8 Å². The maximum atomic E-state index is 16.4. The largest absolute Gasteiger partial charge is 0.495 e. The van der Waals surface area contributed by atoms with Crippen LogP contribution in [-0.2, 0) is 16.8 Å². The van der Waals surface area contributed by atoms with Gasteiger partial charge in [-0.05, 0) is 77.1 Å². The van der Waals surface area contributed by atoms with Crippen LogP contribution >= 0.6 is 23.2 Å². The summed E-state index contributed by atoms with van der Waals surface area (Å²) in [5.74, 6) is -3.32. The van der Waals surface area contributed by atoms with E-state index in [0.29, 0.717) is 30.1 Å². The Bertz CT molecular complexity index is 2020. The topological polar surface area (TPSA) is 134 Å². The molecule has 0 aromatic heterocycles. The Hall–Kier alpha value is -4.64. The highest BCUT2D eigenvalue weighted by molar-refractivity contribution is 6.31. The number of carbonyl (C=O) groups excluding carboxylic acids is 2. The molecule has 4 aromatic carbocycles. The van der Waals surface area contributed by atoms with E-state index < -0.39 is 41.0 Å². The normalized spacial score (nSPS) is 21.1. The molecular weight excluding hydrogens is 694 g/mol. The summed E-state index contributed by atoms with van der Waals surface area (Å²) >= 11 is 13.1. The van der Waals surface area contributed by atoms with Gasteiger partial charge in [-0.1, -0.05) is 74.3 Å². The summed E-state index contributed by atoms with van der Waals surface area (Å²) in [6.07, 6.45) is 0.620. The number of fused-ring (bicyclic) bond motifs is 2. The number of ether oxygens (including phenoxy) is 1. The number of carbonyl (C=O) groups is 3. The molecule has 9 nitrogen and oxygen atoms in total. The molecule has 2 amide bonds. The third-order valence-corrected chi connectivity index (χ3v) is 10.4. The van der Waals surface area contributed by atoms with Crippen molar-refractivity contribution < 1.29 is 28.6 Å². The van der Waals surface area contributed by atoms with Crippen LogP contribution in [0.25, 0.3) is 0 Å². The molecule has 1 fully saturated rings. The number of hydrogen-bond donors (Lipinski definition) is 4. The average Bonchev–Trinajstić information content (AvgIpc) is 3.55. The van der Waals surface area contributed by atoms with E-state index in [0.717, 1.165) is 16.8 Å². The molecule has 4 aromatic rings. The van der Waals surface area contributed by atoms with Crippen molar-refractivity contribution in [1.29, 1.82) is 0 Å². The lowest BCUT2D eigenvalue weighted by atomic mass is 9.63.